The summed E-state index contributed by atoms with van der Waals surface area (Å²) in [5.74, 6) is 3.73. The summed E-state index contributed by atoms with van der Waals surface area (Å²) in [4.78, 5) is 18.3. The molecule has 7 nitrogen and oxygen atoms in total. The van der Waals surface area contributed by atoms with Gasteiger partial charge in [-0.2, -0.15) is 15.0 Å². The van der Waals surface area contributed by atoms with Gasteiger partial charge in [-0.25, -0.2) is 4.98 Å². The lowest BCUT2D eigenvalue weighted by atomic mass is 10.2. The summed E-state index contributed by atoms with van der Waals surface area (Å²) in [5, 5.41) is 6.88. The van der Waals surface area contributed by atoms with Gasteiger partial charge in [0.1, 0.15) is 5.69 Å². The van der Waals surface area contributed by atoms with Gasteiger partial charge in [0.15, 0.2) is 5.82 Å². The number of anilines is 2. The molecule has 2 aliphatic carbocycles. The maximum Gasteiger partial charge on any atom is 0.228 e. The average molecular weight is 354 g/mol. The smallest absolute Gasteiger partial charge is 0.228 e. The summed E-state index contributed by atoms with van der Waals surface area (Å²) in [5.41, 5.74) is 0.677. The molecule has 0 aromatic carbocycles. The molecule has 0 radical (unpaired) electrons. The molecule has 2 N–H and O–H groups in total. The SMILES string of the molecule is COc1cccc(-c2nc(N[C@H](C)C3CC3)nc(N[C@H](C)C3CC3)n2)n1. The average Bonchev–Trinajstić information content (AvgIpc) is 3.53. The molecule has 2 saturated carbocycles. The third kappa shape index (κ3) is 4.03. The van der Waals surface area contributed by atoms with Crippen LogP contribution in [-0.2, 0) is 0 Å². The Morgan fingerprint density at radius 1 is 0.885 bits per heavy atom. The molecule has 7 heteroatoms. The van der Waals surface area contributed by atoms with E-state index in [9.17, 15) is 0 Å². The van der Waals surface area contributed by atoms with E-state index in [1.54, 1.807) is 7.11 Å². The maximum absolute atomic E-state index is 5.23. The van der Waals surface area contributed by atoms with E-state index in [0.717, 1.165) is 0 Å². The summed E-state index contributed by atoms with van der Waals surface area (Å²) in [6.45, 7) is 4.37. The van der Waals surface area contributed by atoms with E-state index < -0.39 is 0 Å². The van der Waals surface area contributed by atoms with E-state index in [4.69, 9.17) is 4.74 Å². The number of pyridine rings is 1. The van der Waals surface area contributed by atoms with Crippen molar-refractivity contribution in [3.05, 3.63) is 18.2 Å². The second kappa shape index (κ2) is 7.05. The van der Waals surface area contributed by atoms with E-state index in [1.807, 2.05) is 18.2 Å². The van der Waals surface area contributed by atoms with Crippen molar-refractivity contribution in [1.29, 1.82) is 0 Å². The third-order valence-electron chi connectivity index (χ3n) is 5.17. The Bertz CT molecular complexity index is 736. The standard InChI is InChI=1S/C19H26N6O/c1-11(13-7-8-13)20-18-23-17(15-5-4-6-16(22-15)26-3)24-19(25-18)21-12(2)14-9-10-14/h4-6,11-14H,7-10H2,1-3H3,(H2,20,21,23,24,25)/t11-,12-/m1/s1. The minimum atomic E-state index is 0.359. The largest absolute Gasteiger partial charge is 0.481 e. The molecule has 2 aliphatic rings. The predicted molar refractivity (Wildman–Crippen MR) is 101 cm³/mol. The number of nitrogens with zero attached hydrogens (tertiary/aromatic N) is 4. The summed E-state index contributed by atoms with van der Waals surface area (Å²) in [6, 6.07) is 6.31. The Morgan fingerprint density at radius 3 is 1.96 bits per heavy atom. The molecular weight excluding hydrogens is 328 g/mol. The predicted octanol–water partition coefficient (Wildman–Crippen LogP) is 3.36. The van der Waals surface area contributed by atoms with Crippen LogP contribution in [0.15, 0.2) is 18.2 Å². The highest BCUT2D eigenvalue weighted by Gasteiger charge is 2.30. The van der Waals surface area contributed by atoms with Crippen LogP contribution >= 0.6 is 0 Å². The minimum absolute atomic E-state index is 0.359. The number of hydrogen-bond donors (Lipinski definition) is 2. The fourth-order valence-corrected chi connectivity index (χ4v) is 3.11. The fourth-order valence-electron chi connectivity index (χ4n) is 3.11. The molecule has 2 aromatic rings. The Balaban J connectivity index is 1.63. The molecule has 0 spiro atoms. The van der Waals surface area contributed by atoms with Crippen LogP contribution in [0.1, 0.15) is 39.5 Å². The molecule has 138 valence electrons. The summed E-state index contributed by atoms with van der Waals surface area (Å²) in [6.07, 6.45) is 5.08. The highest BCUT2D eigenvalue weighted by atomic mass is 16.5. The highest BCUT2D eigenvalue weighted by molar-refractivity contribution is 5.54. The van der Waals surface area contributed by atoms with Crippen LogP contribution in [0.4, 0.5) is 11.9 Å². The molecule has 0 saturated heterocycles. The van der Waals surface area contributed by atoms with Crippen molar-refractivity contribution in [3.63, 3.8) is 0 Å². The summed E-state index contributed by atoms with van der Waals surface area (Å²) >= 11 is 0. The Hall–Kier alpha value is -2.44. The van der Waals surface area contributed by atoms with Crippen molar-refractivity contribution in [2.24, 2.45) is 11.8 Å². The molecule has 0 aliphatic heterocycles. The minimum Gasteiger partial charge on any atom is -0.481 e. The van der Waals surface area contributed by atoms with Gasteiger partial charge >= 0.3 is 0 Å². The van der Waals surface area contributed by atoms with Gasteiger partial charge < -0.3 is 15.4 Å². The number of aromatic nitrogens is 4. The number of hydrogen-bond acceptors (Lipinski definition) is 7. The van der Waals surface area contributed by atoms with Gasteiger partial charge in [0.2, 0.25) is 17.8 Å². The van der Waals surface area contributed by atoms with Crippen LogP contribution in [-0.4, -0.2) is 39.1 Å². The Labute approximate surface area is 154 Å². The highest BCUT2D eigenvalue weighted by Crippen LogP contribution is 2.35. The van der Waals surface area contributed by atoms with Crippen LogP contribution in [0.3, 0.4) is 0 Å². The topological polar surface area (TPSA) is 84.9 Å². The van der Waals surface area contributed by atoms with E-state index in [2.05, 4.69) is 44.4 Å². The van der Waals surface area contributed by atoms with Gasteiger partial charge in [-0.3, -0.25) is 0 Å². The number of nitrogens with one attached hydrogen (secondary N) is 2. The molecule has 2 atom stereocenters. The summed E-state index contributed by atoms with van der Waals surface area (Å²) in [7, 11) is 1.61. The number of ether oxygens (including phenoxy) is 1. The molecular formula is C19H26N6O. The Morgan fingerprint density at radius 2 is 1.46 bits per heavy atom. The first-order valence-electron chi connectivity index (χ1n) is 9.43. The van der Waals surface area contributed by atoms with Crippen LogP contribution in [0.25, 0.3) is 11.5 Å². The zero-order chi connectivity index (χ0) is 18.1. The molecule has 26 heavy (non-hydrogen) atoms. The van der Waals surface area contributed by atoms with E-state index in [1.165, 1.54) is 25.7 Å². The molecule has 4 rings (SSSR count). The van der Waals surface area contributed by atoms with Crippen molar-refractivity contribution in [1.82, 2.24) is 19.9 Å². The van der Waals surface area contributed by atoms with Gasteiger partial charge in [-0.1, -0.05) is 6.07 Å². The number of rotatable bonds is 8. The maximum atomic E-state index is 5.23. The van der Waals surface area contributed by atoms with Gasteiger partial charge in [0, 0.05) is 18.2 Å². The van der Waals surface area contributed by atoms with Crippen molar-refractivity contribution in [2.45, 2.75) is 51.6 Å². The van der Waals surface area contributed by atoms with E-state index in [-0.39, 0.29) is 0 Å². The lowest BCUT2D eigenvalue weighted by Crippen LogP contribution is -2.23. The first-order valence-corrected chi connectivity index (χ1v) is 9.43. The fraction of sp³-hybridized carbons (Fsp3) is 0.579. The first kappa shape index (κ1) is 17.0. The zero-order valence-electron chi connectivity index (χ0n) is 15.6. The molecule has 2 heterocycles. The molecule has 2 aromatic heterocycles. The van der Waals surface area contributed by atoms with Gasteiger partial charge in [-0.05, 0) is 57.4 Å². The van der Waals surface area contributed by atoms with Crippen molar-refractivity contribution in [2.75, 3.05) is 17.7 Å². The van der Waals surface area contributed by atoms with Crippen LogP contribution in [0.2, 0.25) is 0 Å². The molecule has 2 fully saturated rings. The monoisotopic (exact) mass is 354 g/mol. The molecule has 0 amide bonds. The molecule has 0 unspecified atom stereocenters. The first-order chi connectivity index (χ1) is 12.6. The third-order valence-corrected chi connectivity index (χ3v) is 5.17. The second-order valence-corrected chi connectivity index (χ2v) is 7.41. The molecule has 0 bridgehead atoms. The van der Waals surface area contributed by atoms with Crippen molar-refractivity contribution in [3.8, 4) is 17.4 Å². The second-order valence-electron chi connectivity index (χ2n) is 7.41. The van der Waals surface area contributed by atoms with Crippen molar-refractivity contribution < 1.29 is 4.74 Å². The van der Waals surface area contributed by atoms with Crippen LogP contribution in [0, 0.1) is 11.8 Å². The Kier molecular flexibility index (Phi) is 4.61. The van der Waals surface area contributed by atoms with Gasteiger partial charge in [-0.15, -0.1) is 0 Å². The normalized spacial score (nSPS) is 18.9. The van der Waals surface area contributed by atoms with Gasteiger partial charge in [0.05, 0.1) is 7.11 Å². The van der Waals surface area contributed by atoms with Gasteiger partial charge in [0.25, 0.3) is 0 Å². The van der Waals surface area contributed by atoms with E-state index >= 15 is 0 Å². The number of methoxy groups -OCH3 is 1. The lowest BCUT2D eigenvalue weighted by Gasteiger charge is -2.17. The zero-order valence-corrected chi connectivity index (χ0v) is 15.6. The summed E-state index contributed by atoms with van der Waals surface area (Å²) < 4.78 is 5.23. The quantitative estimate of drug-likeness (QED) is 0.752. The van der Waals surface area contributed by atoms with E-state index in [0.29, 0.717) is 53.2 Å². The van der Waals surface area contributed by atoms with Crippen LogP contribution < -0.4 is 15.4 Å². The van der Waals surface area contributed by atoms with Crippen LogP contribution in [0.5, 0.6) is 5.88 Å². The lowest BCUT2D eigenvalue weighted by molar-refractivity contribution is 0.398. The van der Waals surface area contributed by atoms with Crippen molar-refractivity contribution >= 4 is 11.9 Å².